The van der Waals surface area contributed by atoms with E-state index in [0.717, 1.165) is 21.3 Å². The molecule has 0 aliphatic rings. The summed E-state index contributed by atoms with van der Waals surface area (Å²) in [7, 11) is 3.30. The van der Waals surface area contributed by atoms with E-state index < -0.39 is 0 Å². The Balaban J connectivity index is 2.27. The number of halogens is 1. The van der Waals surface area contributed by atoms with Gasteiger partial charge in [0.25, 0.3) is 0 Å². The molecule has 0 aliphatic heterocycles. The minimum absolute atomic E-state index is 0.712. The summed E-state index contributed by atoms with van der Waals surface area (Å²) in [6.45, 7) is 0. The Morgan fingerprint density at radius 3 is 2.39 bits per heavy atom. The minimum atomic E-state index is 0.712. The van der Waals surface area contributed by atoms with Crippen molar-refractivity contribution in [3.05, 3.63) is 47.5 Å². The third-order valence-corrected chi connectivity index (χ3v) is 3.90. The first-order valence-corrected chi connectivity index (χ1v) is 6.58. The molecular weight excluding hydrogens is 268 g/mol. The molecule has 0 amide bonds. The van der Waals surface area contributed by atoms with Crippen molar-refractivity contribution < 1.29 is 9.47 Å². The first-order valence-electron chi connectivity index (χ1n) is 5.38. The molecule has 0 spiro atoms. The monoisotopic (exact) mass is 280 g/mol. The molecule has 0 N–H and O–H groups in total. The van der Waals surface area contributed by atoms with Crippen LogP contribution < -0.4 is 9.47 Å². The highest BCUT2D eigenvalue weighted by molar-refractivity contribution is 7.99. The second kappa shape index (κ2) is 6.03. The summed E-state index contributed by atoms with van der Waals surface area (Å²) in [5.41, 5.74) is 0. The molecule has 0 bridgehead atoms. The van der Waals surface area contributed by atoms with Crippen molar-refractivity contribution >= 4 is 23.4 Å². The van der Waals surface area contributed by atoms with Crippen LogP contribution in [0.25, 0.3) is 0 Å². The summed E-state index contributed by atoms with van der Waals surface area (Å²) < 4.78 is 10.4. The van der Waals surface area contributed by atoms with Crippen LogP contribution in [0.2, 0.25) is 5.02 Å². The molecule has 2 rings (SSSR count). The van der Waals surface area contributed by atoms with Gasteiger partial charge in [0.2, 0.25) is 0 Å². The van der Waals surface area contributed by atoms with Gasteiger partial charge in [-0.1, -0.05) is 29.4 Å². The van der Waals surface area contributed by atoms with Gasteiger partial charge in [-0.3, -0.25) is 0 Å². The average molecular weight is 281 g/mol. The standard InChI is InChI=1S/C14H13ClO2S/c1-16-10-4-3-5-12(8-10)18-14-9-11(17-2)6-7-13(14)15/h3-9H,1-2H3. The molecule has 0 saturated carbocycles. The third kappa shape index (κ3) is 3.12. The summed E-state index contributed by atoms with van der Waals surface area (Å²) in [5, 5.41) is 0.712. The predicted octanol–water partition coefficient (Wildman–Crippen LogP) is 4.51. The maximum Gasteiger partial charge on any atom is 0.120 e. The van der Waals surface area contributed by atoms with Crippen LogP contribution in [0.3, 0.4) is 0 Å². The smallest absolute Gasteiger partial charge is 0.120 e. The molecule has 0 saturated heterocycles. The molecule has 2 aromatic rings. The Morgan fingerprint density at radius 2 is 1.67 bits per heavy atom. The second-order valence-corrected chi connectivity index (χ2v) is 5.10. The van der Waals surface area contributed by atoms with Crippen molar-refractivity contribution in [2.75, 3.05) is 14.2 Å². The van der Waals surface area contributed by atoms with Gasteiger partial charge in [-0.05, 0) is 36.4 Å². The Morgan fingerprint density at radius 1 is 0.944 bits per heavy atom. The molecule has 0 aliphatic carbocycles. The summed E-state index contributed by atoms with van der Waals surface area (Å²) in [6, 6.07) is 13.5. The van der Waals surface area contributed by atoms with Crippen molar-refractivity contribution in [1.82, 2.24) is 0 Å². The fraction of sp³-hybridized carbons (Fsp3) is 0.143. The molecule has 2 nitrogen and oxygen atoms in total. The van der Waals surface area contributed by atoms with Crippen LogP contribution in [0.5, 0.6) is 11.5 Å². The molecule has 0 heterocycles. The third-order valence-electron chi connectivity index (χ3n) is 2.41. The Labute approximate surface area is 116 Å². The molecule has 94 valence electrons. The number of methoxy groups -OCH3 is 2. The van der Waals surface area contributed by atoms with Crippen molar-refractivity contribution in [3.63, 3.8) is 0 Å². The molecule has 0 atom stereocenters. The average Bonchev–Trinajstić information content (AvgIpc) is 2.41. The summed E-state index contributed by atoms with van der Waals surface area (Å²) in [5.74, 6) is 1.63. The Bertz CT molecular complexity index is 543. The first-order chi connectivity index (χ1) is 8.72. The van der Waals surface area contributed by atoms with Crippen LogP contribution in [-0.4, -0.2) is 14.2 Å². The van der Waals surface area contributed by atoms with Crippen molar-refractivity contribution in [2.45, 2.75) is 9.79 Å². The van der Waals surface area contributed by atoms with E-state index in [9.17, 15) is 0 Å². The van der Waals surface area contributed by atoms with E-state index in [-0.39, 0.29) is 0 Å². The van der Waals surface area contributed by atoms with E-state index in [0.29, 0.717) is 5.02 Å². The lowest BCUT2D eigenvalue weighted by atomic mass is 10.3. The van der Waals surface area contributed by atoms with Crippen molar-refractivity contribution in [1.29, 1.82) is 0 Å². The lowest BCUT2D eigenvalue weighted by molar-refractivity contribution is 0.413. The highest BCUT2D eigenvalue weighted by atomic mass is 35.5. The fourth-order valence-electron chi connectivity index (χ4n) is 1.48. The van der Waals surface area contributed by atoms with Crippen LogP contribution in [0.4, 0.5) is 0 Å². The molecule has 0 unspecified atom stereocenters. The van der Waals surface area contributed by atoms with Crippen LogP contribution >= 0.6 is 23.4 Å². The van der Waals surface area contributed by atoms with Gasteiger partial charge < -0.3 is 9.47 Å². The van der Waals surface area contributed by atoms with Crippen LogP contribution in [-0.2, 0) is 0 Å². The van der Waals surface area contributed by atoms with Gasteiger partial charge in [-0.25, -0.2) is 0 Å². The normalized spacial score (nSPS) is 10.2. The highest BCUT2D eigenvalue weighted by Crippen LogP contribution is 2.36. The summed E-state index contributed by atoms with van der Waals surface area (Å²) >= 11 is 7.75. The Hall–Kier alpha value is -1.32. The lowest BCUT2D eigenvalue weighted by Crippen LogP contribution is -1.85. The van der Waals surface area contributed by atoms with Crippen LogP contribution in [0.1, 0.15) is 0 Å². The van der Waals surface area contributed by atoms with Gasteiger partial charge in [0.1, 0.15) is 11.5 Å². The van der Waals surface area contributed by atoms with Crippen LogP contribution in [0, 0.1) is 0 Å². The van der Waals surface area contributed by atoms with E-state index in [1.165, 1.54) is 0 Å². The second-order valence-electron chi connectivity index (χ2n) is 3.58. The fourth-order valence-corrected chi connectivity index (χ4v) is 2.63. The molecule has 4 heteroatoms. The molecule has 0 aromatic heterocycles. The molecule has 0 fully saturated rings. The SMILES string of the molecule is COc1cccc(Sc2cc(OC)ccc2Cl)c1. The van der Waals surface area contributed by atoms with E-state index in [1.807, 2.05) is 42.5 Å². The highest BCUT2D eigenvalue weighted by Gasteiger charge is 2.05. The van der Waals surface area contributed by atoms with Gasteiger partial charge in [0, 0.05) is 9.79 Å². The lowest BCUT2D eigenvalue weighted by Gasteiger charge is -2.07. The number of rotatable bonds is 4. The zero-order chi connectivity index (χ0) is 13.0. The van der Waals surface area contributed by atoms with Crippen molar-refractivity contribution in [2.24, 2.45) is 0 Å². The number of ether oxygens (including phenoxy) is 2. The van der Waals surface area contributed by atoms with Gasteiger partial charge in [-0.2, -0.15) is 0 Å². The van der Waals surface area contributed by atoms with Crippen LogP contribution in [0.15, 0.2) is 52.3 Å². The van der Waals surface area contributed by atoms with Gasteiger partial charge in [0.15, 0.2) is 0 Å². The van der Waals surface area contributed by atoms with Gasteiger partial charge in [0.05, 0.1) is 19.2 Å². The van der Waals surface area contributed by atoms with E-state index in [2.05, 4.69) is 0 Å². The zero-order valence-corrected chi connectivity index (χ0v) is 11.7. The van der Waals surface area contributed by atoms with E-state index in [4.69, 9.17) is 21.1 Å². The predicted molar refractivity (Wildman–Crippen MR) is 75.1 cm³/mol. The van der Waals surface area contributed by atoms with Crippen molar-refractivity contribution in [3.8, 4) is 11.5 Å². The zero-order valence-electron chi connectivity index (χ0n) is 10.1. The molecular formula is C14H13ClO2S. The minimum Gasteiger partial charge on any atom is -0.497 e. The molecule has 0 radical (unpaired) electrons. The van der Waals surface area contributed by atoms with Gasteiger partial charge in [-0.15, -0.1) is 0 Å². The first kappa shape index (κ1) is 13.1. The number of benzene rings is 2. The van der Waals surface area contributed by atoms with E-state index in [1.54, 1.807) is 26.0 Å². The molecule has 18 heavy (non-hydrogen) atoms. The maximum absolute atomic E-state index is 6.17. The summed E-state index contributed by atoms with van der Waals surface area (Å²) in [6.07, 6.45) is 0. The largest absolute Gasteiger partial charge is 0.497 e. The topological polar surface area (TPSA) is 18.5 Å². The summed E-state index contributed by atoms with van der Waals surface area (Å²) in [4.78, 5) is 2.04. The van der Waals surface area contributed by atoms with Gasteiger partial charge >= 0.3 is 0 Å². The Kier molecular flexibility index (Phi) is 4.39. The number of hydrogen-bond donors (Lipinski definition) is 0. The molecule has 2 aromatic carbocycles. The number of hydrogen-bond acceptors (Lipinski definition) is 3. The quantitative estimate of drug-likeness (QED) is 0.821. The maximum atomic E-state index is 6.17. The van der Waals surface area contributed by atoms with E-state index >= 15 is 0 Å².